The summed E-state index contributed by atoms with van der Waals surface area (Å²) in [6.45, 7) is 2.38. The second kappa shape index (κ2) is 9.88. The van der Waals surface area contributed by atoms with Crippen LogP contribution in [0.3, 0.4) is 0 Å². The van der Waals surface area contributed by atoms with Crippen LogP contribution in [0.25, 0.3) is 21.3 Å². The zero-order chi connectivity index (χ0) is 22.5. The van der Waals surface area contributed by atoms with Crippen molar-refractivity contribution in [1.29, 1.82) is 0 Å². The molecule has 164 valence electrons. The number of amides is 2. The van der Waals surface area contributed by atoms with Gasteiger partial charge >= 0.3 is 0 Å². The fourth-order valence-corrected chi connectivity index (χ4v) is 4.91. The van der Waals surface area contributed by atoms with Crippen LogP contribution in [0.1, 0.15) is 11.8 Å². The lowest BCUT2D eigenvalue weighted by Gasteiger charge is -2.20. The number of carbonyl (C=O) groups is 2. The van der Waals surface area contributed by atoms with Crippen molar-refractivity contribution in [2.75, 3.05) is 13.1 Å². The number of benzene rings is 1. The lowest BCUT2D eigenvalue weighted by Crippen LogP contribution is -2.42. The van der Waals surface area contributed by atoms with E-state index in [9.17, 15) is 14.4 Å². The lowest BCUT2D eigenvalue weighted by molar-refractivity contribution is -0.136. The third kappa shape index (κ3) is 4.79. The predicted octanol–water partition coefficient (Wildman–Crippen LogP) is 3.35. The smallest absolute Gasteiger partial charge is 0.263 e. The predicted molar refractivity (Wildman–Crippen MR) is 128 cm³/mol. The maximum Gasteiger partial charge on any atom is 0.263 e. The Kier molecular flexibility index (Phi) is 6.77. The van der Waals surface area contributed by atoms with E-state index in [2.05, 4.69) is 10.3 Å². The van der Waals surface area contributed by atoms with E-state index in [1.54, 1.807) is 18.3 Å². The number of nitrogens with zero attached hydrogens (tertiary/aromatic N) is 3. The molecule has 3 heterocycles. The largest absolute Gasteiger partial charge is 0.350 e. The summed E-state index contributed by atoms with van der Waals surface area (Å²) in [5, 5.41) is 7.19. The van der Waals surface area contributed by atoms with Gasteiger partial charge in [0.1, 0.15) is 11.4 Å². The molecule has 4 aromatic rings. The number of nitrogens with one attached hydrogen (secondary N) is 1. The molecule has 9 heteroatoms. The first kappa shape index (κ1) is 21.9. The number of carbonyl (C=O) groups excluding carboxylic acids is 2. The van der Waals surface area contributed by atoms with Crippen molar-refractivity contribution in [3.63, 3.8) is 0 Å². The molecule has 0 unspecified atom stereocenters. The third-order valence-corrected chi connectivity index (χ3v) is 6.82. The number of likely N-dealkylation sites (N-methyl/N-ethyl adjacent to an activating group) is 1. The summed E-state index contributed by atoms with van der Waals surface area (Å²) < 4.78 is 1.32. The minimum absolute atomic E-state index is 0.0567. The molecule has 0 radical (unpaired) electrons. The van der Waals surface area contributed by atoms with Gasteiger partial charge in [0, 0.05) is 22.4 Å². The number of thiophene rings is 2. The molecule has 0 atom stereocenters. The Labute approximate surface area is 193 Å². The van der Waals surface area contributed by atoms with Crippen LogP contribution in [0.4, 0.5) is 0 Å². The van der Waals surface area contributed by atoms with Crippen molar-refractivity contribution in [1.82, 2.24) is 19.8 Å². The van der Waals surface area contributed by atoms with E-state index in [0.717, 1.165) is 16.0 Å². The van der Waals surface area contributed by atoms with Crippen molar-refractivity contribution in [3.8, 4) is 11.1 Å². The molecule has 0 bridgehead atoms. The van der Waals surface area contributed by atoms with Crippen LogP contribution in [0.5, 0.6) is 0 Å². The van der Waals surface area contributed by atoms with Gasteiger partial charge in [0.05, 0.1) is 24.8 Å². The van der Waals surface area contributed by atoms with Crippen molar-refractivity contribution < 1.29 is 9.59 Å². The van der Waals surface area contributed by atoms with E-state index in [0.29, 0.717) is 23.3 Å². The van der Waals surface area contributed by atoms with E-state index in [-0.39, 0.29) is 30.5 Å². The highest BCUT2D eigenvalue weighted by Gasteiger charge is 2.19. The summed E-state index contributed by atoms with van der Waals surface area (Å²) in [6.07, 6.45) is 1.40. The summed E-state index contributed by atoms with van der Waals surface area (Å²) >= 11 is 2.96. The Morgan fingerprint density at radius 2 is 1.94 bits per heavy atom. The fraction of sp³-hybridized carbons (Fsp3) is 0.217. The number of rotatable bonds is 8. The lowest BCUT2D eigenvalue weighted by atomic mass is 10.1. The van der Waals surface area contributed by atoms with E-state index in [1.807, 2.05) is 53.2 Å². The quantitative estimate of drug-likeness (QED) is 0.432. The zero-order valence-electron chi connectivity index (χ0n) is 17.5. The molecular weight excluding hydrogens is 444 g/mol. The third-order valence-electron chi connectivity index (χ3n) is 5.06. The van der Waals surface area contributed by atoms with Gasteiger partial charge in [-0.25, -0.2) is 4.98 Å². The van der Waals surface area contributed by atoms with Gasteiger partial charge < -0.3 is 10.2 Å². The van der Waals surface area contributed by atoms with Gasteiger partial charge in [0.15, 0.2) is 0 Å². The molecule has 0 saturated heterocycles. The van der Waals surface area contributed by atoms with Gasteiger partial charge in [-0.15, -0.1) is 22.7 Å². The molecule has 0 aliphatic heterocycles. The molecule has 3 aromatic heterocycles. The molecule has 4 rings (SSSR count). The molecule has 0 aliphatic rings. The van der Waals surface area contributed by atoms with Gasteiger partial charge in [0.25, 0.3) is 5.56 Å². The van der Waals surface area contributed by atoms with Gasteiger partial charge in [-0.1, -0.05) is 36.4 Å². The average molecular weight is 467 g/mol. The highest BCUT2D eigenvalue weighted by atomic mass is 32.1. The second-order valence-electron chi connectivity index (χ2n) is 7.14. The molecule has 1 N–H and O–H groups in total. The van der Waals surface area contributed by atoms with Gasteiger partial charge in [0.2, 0.25) is 11.8 Å². The van der Waals surface area contributed by atoms with E-state index in [1.165, 1.54) is 27.1 Å². The SMILES string of the molecule is CCN(CC(=O)NCc1cccs1)C(=O)Cn1cnc2scc(-c3ccccc3)c2c1=O. The molecular formula is C23H22N4O3S2. The summed E-state index contributed by atoms with van der Waals surface area (Å²) in [4.78, 5) is 45.8. The minimum atomic E-state index is -0.307. The molecule has 7 nitrogen and oxygen atoms in total. The molecule has 0 saturated carbocycles. The van der Waals surface area contributed by atoms with Crippen LogP contribution < -0.4 is 10.9 Å². The summed E-state index contributed by atoms with van der Waals surface area (Å²) in [5.41, 5.74) is 1.48. The maximum absolute atomic E-state index is 13.2. The monoisotopic (exact) mass is 466 g/mol. The van der Waals surface area contributed by atoms with E-state index < -0.39 is 0 Å². The Hall–Kier alpha value is -3.30. The van der Waals surface area contributed by atoms with E-state index >= 15 is 0 Å². The average Bonchev–Trinajstić information content (AvgIpc) is 3.48. The van der Waals surface area contributed by atoms with Crippen LogP contribution in [-0.2, 0) is 22.7 Å². The normalized spacial score (nSPS) is 10.9. The van der Waals surface area contributed by atoms with Gasteiger partial charge in [-0.3, -0.25) is 19.0 Å². The molecule has 0 fully saturated rings. The van der Waals surface area contributed by atoms with Crippen molar-refractivity contribution in [2.24, 2.45) is 0 Å². The van der Waals surface area contributed by atoms with Crippen LogP contribution >= 0.6 is 22.7 Å². The van der Waals surface area contributed by atoms with Crippen LogP contribution in [0, 0.1) is 0 Å². The Balaban J connectivity index is 1.49. The van der Waals surface area contributed by atoms with Crippen molar-refractivity contribution >= 4 is 44.7 Å². The molecule has 0 spiro atoms. The highest BCUT2D eigenvalue weighted by Crippen LogP contribution is 2.30. The minimum Gasteiger partial charge on any atom is -0.350 e. The first-order chi connectivity index (χ1) is 15.6. The second-order valence-corrected chi connectivity index (χ2v) is 9.03. The Morgan fingerprint density at radius 3 is 2.66 bits per heavy atom. The summed E-state index contributed by atoms with van der Waals surface area (Å²) in [6, 6.07) is 13.5. The number of hydrogen-bond donors (Lipinski definition) is 1. The van der Waals surface area contributed by atoms with Gasteiger partial charge in [-0.05, 0) is 23.9 Å². The first-order valence-electron chi connectivity index (χ1n) is 10.2. The van der Waals surface area contributed by atoms with Gasteiger partial charge in [-0.2, -0.15) is 0 Å². The molecule has 1 aromatic carbocycles. The van der Waals surface area contributed by atoms with Crippen LogP contribution in [-0.4, -0.2) is 39.4 Å². The number of aromatic nitrogens is 2. The van der Waals surface area contributed by atoms with E-state index in [4.69, 9.17) is 0 Å². The Morgan fingerprint density at radius 1 is 1.12 bits per heavy atom. The first-order valence-corrected chi connectivity index (χ1v) is 11.9. The van der Waals surface area contributed by atoms with Crippen molar-refractivity contribution in [2.45, 2.75) is 20.0 Å². The fourth-order valence-electron chi connectivity index (χ4n) is 3.36. The molecule has 2 amide bonds. The Bertz CT molecular complexity index is 1280. The number of hydrogen-bond acceptors (Lipinski definition) is 6. The maximum atomic E-state index is 13.2. The van der Waals surface area contributed by atoms with Crippen LogP contribution in [0.15, 0.2) is 64.3 Å². The molecule has 0 aliphatic carbocycles. The zero-order valence-corrected chi connectivity index (χ0v) is 19.1. The summed E-state index contributed by atoms with van der Waals surface area (Å²) in [7, 11) is 0. The standard InChI is InChI=1S/C23H22N4O3S2/c1-2-26(12-19(28)24-11-17-9-6-10-31-17)20(29)13-27-15-25-22-21(23(27)30)18(14-32-22)16-7-4-3-5-8-16/h3-10,14-15H,2,11-13H2,1H3,(H,24,28). The number of fused-ring (bicyclic) bond motifs is 1. The van der Waals surface area contributed by atoms with Crippen molar-refractivity contribution in [3.05, 3.63) is 74.8 Å². The highest BCUT2D eigenvalue weighted by molar-refractivity contribution is 7.17. The topological polar surface area (TPSA) is 84.3 Å². The summed E-state index contributed by atoms with van der Waals surface area (Å²) in [5.74, 6) is -0.544. The van der Waals surface area contributed by atoms with Crippen LogP contribution in [0.2, 0.25) is 0 Å². The molecule has 32 heavy (non-hydrogen) atoms.